The molecule has 0 aliphatic rings. The quantitative estimate of drug-likeness (QED) is 0.621. The van der Waals surface area contributed by atoms with Crippen LogP contribution in [-0.2, 0) is 6.42 Å². The van der Waals surface area contributed by atoms with Crippen molar-refractivity contribution in [3.63, 3.8) is 0 Å². The van der Waals surface area contributed by atoms with E-state index in [9.17, 15) is 0 Å². The van der Waals surface area contributed by atoms with Gasteiger partial charge in [0.05, 0.1) is 0 Å². The molecule has 0 aliphatic heterocycles. The Labute approximate surface area is 112 Å². The van der Waals surface area contributed by atoms with Crippen LogP contribution in [0.25, 0.3) is 0 Å². The molecule has 1 aromatic rings. The van der Waals surface area contributed by atoms with Crippen LogP contribution in [0.2, 0.25) is 0 Å². The molecule has 0 bridgehead atoms. The Kier molecular flexibility index (Phi) is 12.0. The van der Waals surface area contributed by atoms with Crippen molar-refractivity contribution in [2.75, 3.05) is 0 Å². The second-order valence-corrected chi connectivity index (χ2v) is 3.54. The van der Waals surface area contributed by atoms with Gasteiger partial charge >= 0.3 is 37.7 Å². The fraction of sp³-hybridized carbons (Fsp3) is 0.500. The molecular formula is C12H20Li2. The molecule has 1 unspecified atom stereocenters. The number of hydrogen-bond donors (Lipinski definition) is 0. The third-order valence-electron chi connectivity index (χ3n) is 2.47. The van der Waals surface area contributed by atoms with Crippen molar-refractivity contribution in [2.45, 2.75) is 33.1 Å². The predicted octanol–water partition coefficient (Wildman–Crippen LogP) is 2.37. The molecule has 2 heteroatoms. The average molecular weight is 178 g/mol. The number of aryl methyl sites for hydroxylation is 1. The molecule has 0 amide bonds. The fourth-order valence-electron chi connectivity index (χ4n) is 1.26. The van der Waals surface area contributed by atoms with Crippen molar-refractivity contribution in [1.82, 2.24) is 0 Å². The van der Waals surface area contributed by atoms with Crippen molar-refractivity contribution in [3.05, 3.63) is 35.9 Å². The van der Waals surface area contributed by atoms with Gasteiger partial charge in [0.25, 0.3) is 0 Å². The average Bonchev–Trinajstić information content (AvgIpc) is 2.16. The first kappa shape index (κ1) is 16.8. The normalized spacial score (nSPS) is 11.0. The summed E-state index contributed by atoms with van der Waals surface area (Å²) < 4.78 is 0. The van der Waals surface area contributed by atoms with E-state index in [1.54, 1.807) is 0 Å². The monoisotopic (exact) mass is 178 g/mol. The summed E-state index contributed by atoms with van der Waals surface area (Å²) in [6, 6.07) is 10.7. The molecule has 0 fully saturated rings. The van der Waals surface area contributed by atoms with Gasteiger partial charge in [-0.25, -0.2) is 0 Å². The zero-order valence-electron chi connectivity index (χ0n) is 8.09. The number of benzene rings is 1. The maximum atomic E-state index is 2.32. The Morgan fingerprint density at radius 1 is 1.07 bits per heavy atom. The van der Waals surface area contributed by atoms with E-state index in [1.165, 1.54) is 24.8 Å². The molecule has 0 radical (unpaired) electrons. The number of rotatable bonds is 4. The van der Waals surface area contributed by atoms with E-state index >= 15 is 0 Å². The van der Waals surface area contributed by atoms with Crippen molar-refractivity contribution < 1.29 is 0 Å². The molecule has 1 aromatic carbocycles. The summed E-state index contributed by atoms with van der Waals surface area (Å²) >= 11 is 0. The first-order valence-electron chi connectivity index (χ1n) is 4.87. The molecule has 70 valence electrons. The Bertz CT molecular complexity index is 209. The van der Waals surface area contributed by atoms with Crippen LogP contribution >= 0.6 is 0 Å². The third-order valence-corrected chi connectivity index (χ3v) is 2.47. The van der Waals surface area contributed by atoms with Gasteiger partial charge in [0.2, 0.25) is 0 Å². The molecule has 0 saturated heterocycles. The second kappa shape index (κ2) is 9.95. The number of hydrogen-bond acceptors (Lipinski definition) is 0. The minimum atomic E-state index is 0. The summed E-state index contributed by atoms with van der Waals surface area (Å²) in [6.07, 6.45) is 3.85. The van der Waals surface area contributed by atoms with Crippen LogP contribution < -0.4 is 0 Å². The zero-order valence-corrected chi connectivity index (χ0v) is 8.09. The Morgan fingerprint density at radius 2 is 1.64 bits per heavy atom. The van der Waals surface area contributed by atoms with Gasteiger partial charge in [0.15, 0.2) is 0 Å². The molecule has 0 spiro atoms. The van der Waals surface area contributed by atoms with Gasteiger partial charge in [-0.2, -0.15) is 0 Å². The van der Waals surface area contributed by atoms with Crippen LogP contribution in [0.1, 0.15) is 32.3 Å². The first-order valence-corrected chi connectivity index (χ1v) is 4.87. The molecule has 14 heavy (non-hydrogen) atoms. The first-order chi connectivity index (χ1) is 5.83. The van der Waals surface area contributed by atoms with E-state index in [1.807, 2.05) is 0 Å². The predicted molar refractivity (Wildman–Crippen MR) is 68.5 cm³/mol. The van der Waals surface area contributed by atoms with E-state index in [-0.39, 0.29) is 37.7 Å². The van der Waals surface area contributed by atoms with Gasteiger partial charge in [-0.3, -0.25) is 0 Å². The van der Waals surface area contributed by atoms with Crippen LogP contribution in [0.3, 0.4) is 0 Å². The van der Waals surface area contributed by atoms with Crippen LogP contribution in [0.15, 0.2) is 30.3 Å². The SMILES string of the molecule is CCC(C)CCc1ccccc1.[LiH].[LiH]. The molecular weight excluding hydrogens is 158 g/mol. The van der Waals surface area contributed by atoms with Gasteiger partial charge < -0.3 is 0 Å². The molecule has 1 atom stereocenters. The summed E-state index contributed by atoms with van der Waals surface area (Å²) in [7, 11) is 0. The van der Waals surface area contributed by atoms with Crippen LogP contribution in [0, 0.1) is 5.92 Å². The molecule has 0 aromatic heterocycles. The van der Waals surface area contributed by atoms with Crippen molar-refractivity contribution in [2.24, 2.45) is 5.92 Å². The van der Waals surface area contributed by atoms with Crippen LogP contribution in [0.5, 0.6) is 0 Å². The second-order valence-electron chi connectivity index (χ2n) is 3.54. The minimum absolute atomic E-state index is 0. The van der Waals surface area contributed by atoms with E-state index in [2.05, 4.69) is 44.2 Å². The van der Waals surface area contributed by atoms with Crippen molar-refractivity contribution in [1.29, 1.82) is 0 Å². The Balaban J connectivity index is 0. The summed E-state index contributed by atoms with van der Waals surface area (Å²) in [5.74, 6) is 0.866. The van der Waals surface area contributed by atoms with Crippen LogP contribution in [-0.4, -0.2) is 37.7 Å². The Morgan fingerprint density at radius 3 is 2.14 bits per heavy atom. The zero-order chi connectivity index (χ0) is 8.81. The molecule has 0 saturated carbocycles. The molecule has 0 heterocycles. The van der Waals surface area contributed by atoms with Gasteiger partial charge in [-0.1, -0.05) is 50.6 Å². The maximum absolute atomic E-state index is 2.32. The van der Waals surface area contributed by atoms with Crippen molar-refractivity contribution in [3.8, 4) is 0 Å². The summed E-state index contributed by atoms with van der Waals surface area (Å²) in [5.41, 5.74) is 1.47. The standard InChI is InChI=1S/C12H18.2Li.2H/c1-3-11(2)9-10-12-7-5-4-6-8-12;;;;/h4-8,11H,3,9-10H2,1-2H3;;;;. The van der Waals surface area contributed by atoms with Gasteiger partial charge in [-0.05, 0) is 24.3 Å². The molecule has 0 aliphatic carbocycles. The van der Waals surface area contributed by atoms with Gasteiger partial charge in [0, 0.05) is 0 Å². The summed E-state index contributed by atoms with van der Waals surface area (Å²) in [5, 5.41) is 0. The third kappa shape index (κ3) is 6.81. The van der Waals surface area contributed by atoms with E-state index in [0.717, 1.165) is 5.92 Å². The molecule has 0 N–H and O–H groups in total. The summed E-state index contributed by atoms with van der Waals surface area (Å²) in [6.45, 7) is 4.58. The van der Waals surface area contributed by atoms with E-state index in [0.29, 0.717) is 0 Å². The van der Waals surface area contributed by atoms with Gasteiger partial charge in [0.1, 0.15) is 0 Å². The fourth-order valence-corrected chi connectivity index (χ4v) is 1.26. The molecule has 0 nitrogen and oxygen atoms in total. The van der Waals surface area contributed by atoms with E-state index < -0.39 is 0 Å². The summed E-state index contributed by atoms with van der Waals surface area (Å²) in [4.78, 5) is 0. The molecule has 1 rings (SSSR count). The Hall–Kier alpha value is 0.415. The van der Waals surface area contributed by atoms with E-state index in [4.69, 9.17) is 0 Å². The van der Waals surface area contributed by atoms with Crippen LogP contribution in [0.4, 0.5) is 0 Å². The van der Waals surface area contributed by atoms with Crippen molar-refractivity contribution >= 4 is 37.7 Å². The topological polar surface area (TPSA) is 0 Å². The van der Waals surface area contributed by atoms with Gasteiger partial charge in [-0.15, -0.1) is 0 Å².